The summed E-state index contributed by atoms with van der Waals surface area (Å²) >= 11 is 0. The summed E-state index contributed by atoms with van der Waals surface area (Å²) in [7, 11) is 0. The summed E-state index contributed by atoms with van der Waals surface area (Å²) in [5, 5.41) is 0. The van der Waals surface area contributed by atoms with E-state index in [9.17, 15) is 17.3 Å². The molecule has 1 aromatic rings. The predicted octanol–water partition coefficient (Wildman–Crippen LogP) is -0.376. The topological polar surface area (TPSA) is 12.9 Å². The molecule has 0 aliphatic carbocycles. The van der Waals surface area contributed by atoms with Crippen molar-refractivity contribution in [2.75, 3.05) is 0 Å². The molecule has 0 saturated heterocycles. The summed E-state index contributed by atoms with van der Waals surface area (Å²) in [6.07, 6.45) is 0.739. The first-order valence-corrected chi connectivity index (χ1v) is 3.49. The standard InChI is InChI=1S/C7H5BF4N.K/c9-7-3-1-2-6(13-7)4-5-8(10,11)12;/h1-5H;/q-1;+1/b5-4+;. The van der Waals surface area contributed by atoms with Crippen LogP contribution in [0, 0.1) is 5.95 Å². The van der Waals surface area contributed by atoms with Crippen molar-refractivity contribution in [2.24, 2.45) is 0 Å². The van der Waals surface area contributed by atoms with Crippen molar-refractivity contribution < 1.29 is 68.7 Å². The maximum Gasteiger partial charge on any atom is 1.00 e. The van der Waals surface area contributed by atoms with Gasteiger partial charge in [0, 0.05) is 0 Å². The first-order valence-electron chi connectivity index (χ1n) is 3.49. The Kier molecular flexibility index (Phi) is 6.15. The molecular formula is C7H5BF4KN. The van der Waals surface area contributed by atoms with Crippen LogP contribution in [-0.2, 0) is 0 Å². The second-order valence-corrected chi connectivity index (χ2v) is 2.37. The molecule has 1 rings (SSSR count). The number of rotatable bonds is 2. The van der Waals surface area contributed by atoms with Gasteiger partial charge in [0.1, 0.15) is 0 Å². The zero-order chi connectivity index (χ0) is 9.90. The van der Waals surface area contributed by atoms with E-state index in [1.807, 2.05) is 0 Å². The molecule has 1 aromatic heterocycles. The van der Waals surface area contributed by atoms with E-state index in [-0.39, 0.29) is 63.1 Å². The molecule has 0 bridgehead atoms. The van der Waals surface area contributed by atoms with Gasteiger partial charge in [-0.1, -0.05) is 12.1 Å². The summed E-state index contributed by atoms with van der Waals surface area (Å²) in [5.74, 6) is -0.723. The zero-order valence-electron chi connectivity index (χ0n) is 7.42. The Morgan fingerprint density at radius 3 is 2.36 bits per heavy atom. The van der Waals surface area contributed by atoms with Crippen molar-refractivity contribution in [3.05, 3.63) is 35.8 Å². The molecule has 0 aliphatic rings. The van der Waals surface area contributed by atoms with Crippen LogP contribution in [0.4, 0.5) is 17.3 Å². The third kappa shape index (κ3) is 5.92. The van der Waals surface area contributed by atoms with Crippen molar-refractivity contribution in [1.82, 2.24) is 4.98 Å². The maximum absolute atomic E-state index is 12.4. The summed E-state index contributed by atoms with van der Waals surface area (Å²) in [5.41, 5.74) is -0.0424. The van der Waals surface area contributed by atoms with Crippen molar-refractivity contribution >= 4 is 13.1 Å². The van der Waals surface area contributed by atoms with Gasteiger partial charge in [-0.15, -0.1) is 5.98 Å². The molecule has 7 heteroatoms. The Bertz CT molecular complexity index is 326. The minimum atomic E-state index is -4.98. The van der Waals surface area contributed by atoms with Crippen LogP contribution in [0.3, 0.4) is 0 Å². The van der Waals surface area contributed by atoms with Gasteiger partial charge in [0.15, 0.2) is 0 Å². The number of aromatic nitrogens is 1. The molecule has 0 saturated carbocycles. The Morgan fingerprint density at radius 2 is 1.86 bits per heavy atom. The fourth-order valence-corrected chi connectivity index (χ4v) is 0.724. The van der Waals surface area contributed by atoms with Crippen molar-refractivity contribution in [2.45, 2.75) is 0 Å². The van der Waals surface area contributed by atoms with Crippen LogP contribution in [0.25, 0.3) is 6.08 Å². The van der Waals surface area contributed by atoms with Crippen LogP contribution in [-0.4, -0.2) is 12.0 Å². The molecular weight excluding hydrogens is 224 g/mol. The molecule has 1 heterocycles. The van der Waals surface area contributed by atoms with E-state index >= 15 is 0 Å². The van der Waals surface area contributed by atoms with Crippen molar-refractivity contribution in [1.29, 1.82) is 0 Å². The molecule has 70 valence electrons. The van der Waals surface area contributed by atoms with Gasteiger partial charge in [-0.25, -0.2) is 4.98 Å². The zero-order valence-corrected chi connectivity index (χ0v) is 10.5. The Hall–Kier alpha value is 0.311. The van der Waals surface area contributed by atoms with E-state index in [0.717, 1.165) is 12.1 Å². The van der Waals surface area contributed by atoms with Crippen molar-refractivity contribution in [3.8, 4) is 0 Å². The van der Waals surface area contributed by atoms with E-state index in [1.165, 1.54) is 12.1 Å². The van der Waals surface area contributed by atoms with Gasteiger partial charge in [0.05, 0.1) is 5.69 Å². The van der Waals surface area contributed by atoms with E-state index < -0.39 is 12.9 Å². The fourth-order valence-electron chi connectivity index (χ4n) is 0.724. The third-order valence-electron chi connectivity index (χ3n) is 1.22. The average molecular weight is 229 g/mol. The van der Waals surface area contributed by atoms with E-state index in [0.29, 0.717) is 0 Å². The van der Waals surface area contributed by atoms with Gasteiger partial charge >= 0.3 is 58.4 Å². The number of hydrogen-bond donors (Lipinski definition) is 0. The largest absolute Gasteiger partial charge is 1.00 e. The summed E-state index contributed by atoms with van der Waals surface area (Å²) in [6.45, 7) is -4.98. The number of nitrogens with zero attached hydrogens (tertiary/aromatic N) is 1. The second-order valence-electron chi connectivity index (χ2n) is 2.37. The number of hydrogen-bond acceptors (Lipinski definition) is 1. The van der Waals surface area contributed by atoms with Gasteiger partial charge < -0.3 is 12.9 Å². The van der Waals surface area contributed by atoms with Gasteiger partial charge in [0.2, 0.25) is 5.95 Å². The van der Waals surface area contributed by atoms with E-state index in [2.05, 4.69) is 4.98 Å². The molecule has 0 spiro atoms. The molecule has 0 radical (unpaired) electrons. The summed E-state index contributed by atoms with van der Waals surface area (Å²) < 4.78 is 47.5. The SMILES string of the molecule is Fc1cccc(/C=C/[B-](F)(F)F)n1.[K+]. The van der Waals surface area contributed by atoms with E-state index in [4.69, 9.17) is 0 Å². The normalized spacial score (nSPS) is 11.4. The average Bonchev–Trinajstić information content (AvgIpc) is 2.00. The molecule has 0 unspecified atom stereocenters. The third-order valence-corrected chi connectivity index (χ3v) is 1.22. The number of pyridine rings is 1. The first-order chi connectivity index (χ1) is 5.97. The monoisotopic (exact) mass is 229 g/mol. The first kappa shape index (κ1) is 14.3. The fraction of sp³-hybridized carbons (Fsp3) is 0. The molecule has 1 nitrogen and oxygen atoms in total. The molecule has 0 N–H and O–H groups in total. The molecule has 0 fully saturated rings. The minimum Gasteiger partial charge on any atom is -0.445 e. The van der Waals surface area contributed by atoms with Crippen LogP contribution in [0.1, 0.15) is 5.69 Å². The molecule has 14 heavy (non-hydrogen) atoms. The number of halogens is 4. The van der Waals surface area contributed by atoms with Crippen molar-refractivity contribution in [3.63, 3.8) is 0 Å². The Balaban J connectivity index is 0.00000169. The summed E-state index contributed by atoms with van der Waals surface area (Å²) in [6, 6.07) is 3.66. The quantitative estimate of drug-likeness (QED) is 0.383. The van der Waals surface area contributed by atoms with Gasteiger partial charge in [-0.3, -0.25) is 0 Å². The minimum absolute atomic E-state index is 0. The van der Waals surface area contributed by atoms with Crippen LogP contribution >= 0.6 is 0 Å². The molecule has 0 aromatic carbocycles. The molecule has 0 amide bonds. The second kappa shape index (κ2) is 6.02. The van der Waals surface area contributed by atoms with Gasteiger partial charge in [0.25, 0.3) is 0 Å². The van der Waals surface area contributed by atoms with Crippen LogP contribution in [0.15, 0.2) is 24.2 Å². The summed E-state index contributed by atoms with van der Waals surface area (Å²) in [4.78, 5) is 3.23. The smallest absolute Gasteiger partial charge is 0.445 e. The Labute approximate surface area is 121 Å². The molecule has 0 atom stereocenters. The predicted molar refractivity (Wildman–Crippen MR) is 42.3 cm³/mol. The maximum atomic E-state index is 12.4. The van der Waals surface area contributed by atoms with E-state index in [1.54, 1.807) is 0 Å². The molecule has 0 aliphatic heterocycles. The van der Waals surface area contributed by atoms with Crippen LogP contribution < -0.4 is 51.4 Å². The Morgan fingerprint density at radius 1 is 1.21 bits per heavy atom. The van der Waals surface area contributed by atoms with Gasteiger partial charge in [-0.05, 0) is 12.1 Å². The van der Waals surface area contributed by atoms with Crippen LogP contribution in [0.2, 0.25) is 0 Å². The van der Waals surface area contributed by atoms with Crippen LogP contribution in [0.5, 0.6) is 0 Å². The van der Waals surface area contributed by atoms with Gasteiger partial charge in [-0.2, -0.15) is 4.39 Å².